The zero-order valence-corrected chi connectivity index (χ0v) is 15.5. The van der Waals surface area contributed by atoms with Crippen LogP contribution in [0, 0.1) is 0 Å². The number of fused-ring (bicyclic) bond motifs is 1. The van der Waals surface area contributed by atoms with Crippen molar-refractivity contribution in [1.82, 2.24) is 16.2 Å². The van der Waals surface area contributed by atoms with E-state index >= 15 is 0 Å². The first-order valence-corrected chi connectivity index (χ1v) is 8.67. The Balaban J connectivity index is 1.42. The molecule has 0 fully saturated rings. The third-order valence-corrected chi connectivity index (χ3v) is 3.94. The number of amides is 3. The minimum Gasteiger partial charge on any atom is -0.483 e. The monoisotopic (exact) mass is 387 g/mol. The van der Waals surface area contributed by atoms with Crippen LogP contribution in [0.15, 0.2) is 41.0 Å². The molecule has 0 saturated heterocycles. The van der Waals surface area contributed by atoms with Crippen LogP contribution in [-0.4, -0.2) is 29.9 Å². The van der Waals surface area contributed by atoms with Crippen LogP contribution in [0.1, 0.15) is 25.2 Å². The molecule has 9 heteroatoms. The molecule has 9 nitrogen and oxygen atoms in total. The molecule has 1 aromatic heterocycles. The summed E-state index contributed by atoms with van der Waals surface area (Å²) in [4.78, 5) is 35.2. The number of nitrogens with one attached hydrogen (secondary N) is 3. The standard InChI is InChI=1S/C19H21N3O6/c1-19(2)9-12-5-3-7-14(16(12)28-19)27-11-15(23)21-22-18(25)17(24)20-10-13-6-4-8-26-13/h3-8H,9-11H2,1-2H3,(H,20,24)(H,21,23)(H,22,25). The Morgan fingerprint density at radius 1 is 1.11 bits per heavy atom. The highest BCUT2D eigenvalue weighted by Crippen LogP contribution is 2.41. The fraction of sp³-hybridized carbons (Fsp3) is 0.316. The number of furan rings is 1. The molecule has 1 aromatic carbocycles. The Kier molecular flexibility index (Phi) is 5.53. The summed E-state index contributed by atoms with van der Waals surface area (Å²) in [5.74, 6) is -0.983. The summed E-state index contributed by atoms with van der Waals surface area (Å²) in [7, 11) is 0. The molecule has 28 heavy (non-hydrogen) atoms. The van der Waals surface area contributed by atoms with E-state index in [0.29, 0.717) is 17.3 Å². The Morgan fingerprint density at radius 3 is 2.68 bits per heavy atom. The number of carbonyl (C=O) groups excluding carboxylic acids is 3. The molecule has 0 aliphatic carbocycles. The molecule has 3 N–H and O–H groups in total. The van der Waals surface area contributed by atoms with E-state index in [2.05, 4.69) is 10.7 Å². The lowest BCUT2D eigenvalue weighted by atomic mass is 10.0. The Morgan fingerprint density at radius 2 is 1.93 bits per heavy atom. The maximum absolute atomic E-state index is 11.9. The van der Waals surface area contributed by atoms with E-state index in [9.17, 15) is 14.4 Å². The molecular formula is C19H21N3O6. The van der Waals surface area contributed by atoms with Crippen molar-refractivity contribution in [3.05, 3.63) is 47.9 Å². The van der Waals surface area contributed by atoms with Crippen molar-refractivity contribution in [3.8, 4) is 11.5 Å². The number of para-hydroxylation sites is 1. The second kappa shape index (κ2) is 8.03. The SMILES string of the molecule is CC1(C)Cc2cccc(OCC(=O)NNC(=O)C(=O)NCc3ccco3)c2O1. The molecule has 2 heterocycles. The fourth-order valence-corrected chi connectivity index (χ4v) is 2.72. The third-order valence-electron chi connectivity index (χ3n) is 3.94. The van der Waals surface area contributed by atoms with Crippen molar-refractivity contribution in [2.24, 2.45) is 0 Å². The van der Waals surface area contributed by atoms with E-state index < -0.39 is 17.7 Å². The lowest BCUT2D eigenvalue weighted by molar-refractivity contribution is -0.141. The largest absolute Gasteiger partial charge is 0.483 e. The average molecular weight is 387 g/mol. The summed E-state index contributed by atoms with van der Waals surface area (Å²) in [5.41, 5.74) is 4.82. The van der Waals surface area contributed by atoms with E-state index in [1.54, 1.807) is 18.2 Å². The number of benzene rings is 1. The van der Waals surface area contributed by atoms with E-state index in [1.807, 2.05) is 31.4 Å². The number of hydrogen-bond donors (Lipinski definition) is 3. The summed E-state index contributed by atoms with van der Waals surface area (Å²) in [6.45, 7) is 3.65. The molecular weight excluding hydrogens is 366 g/mol. The van der Waals surface area contributed by atoms with Gasteiger partial charge >= 0.3 is 11.8 Å². The van der Waals surface area contributed by atoms with E-state index in [1.165, 1.54) is 6.26 Å². The molecule has 0 unspecified atom stereocenters. The predicted octanol–water partition coefficient (Wildman–Crippen LogP) is 0.836. The quantitative estimate of drug-likeness (QED) is 0.517. The fourth-order valence-electron chi connectivity index (χ4n) is 2.72. The highest BCUT2D eigenvalue weighted by molar-refractivity contribution is 6.35. The first kappa shape index (κ1) is 19.3. The lowest BCUT2D eigenvalue weighted by Crippen LogP contribution is -2.49. The molecule has 0 spiro atoms. The number of hydrogen-bond acceptors (Lipinski definition) is 6. The van der Waals surface area contributed by atoms with Crippen LogP contribution in [0.5, 0.6) is 11.5 Å². The van der Waals surface area contributed by atoms with Gasteiger partial charge in [0.15, 0.2) is 18.1 Å². The second-order valence-corrected chi connectivity index (χ2v) is 6.84. The molecule has 0 saturated carbocycles. The summed E-state index contributed by atoms with van der Waals surface area (Å²) in [6.07, 6.45) is 2.20. The maximum Gasteiger partial charge on any atom is 0.327 e. The van der Waals surface area contributed by atoms with Gasteiger partial charge in [0.2, 0.25) is 0 Å². The smallest absolute Gasteiger partial charge is 0.327 e. The number of carbonyl (C=O) groups is 3. The van der Waals surface area contributed by atoms with Gasteiger partial charge in [-0.05, 0) is 32.0 Å². The van der Waals surface area contributed by atoms with Gasteiger partial charge in [0.25, 0.3) is 5.91 Å². The normalized spacial score (nSPS) is 13.8. The molecule has 1 aliphatic heterocycles. The van der Waals surface area contributed by atoms with E-state index in [4.69, 9.17) is 13.9 Å². The number of ether oxygens (including phenoxy) is 2. The molecule has 1 aliphatic rings. The van der Waals surface area contributed by atoms with Gasteiger partial charge in [0, 0.05) is 12.0 Å². The zero-order chi connectivity index (χ0) is 20.1. The van der Waals surface area contributed by atoms with Crippen molar-refractivity contribution in [1.29, 1.82) is 0 Å². The average Bonchev–Trinajstić information content (AvgIpc) is 3.28. The van der Waals surface area contributed by atoms with Crippen molar-refractivity contribution in [3.63, 3.8) is 0 Å². The number of hydrazine groups is 1. The maximum atomic E-state index is 11.9. The third kappa shape index (κ3) is 4.81. The van der Waals surface area contributed by atoms with Gasteiger partial charge in [-0.15, -0.1) is 0 Å². The highest BCUT2D eigenvalue weighted by atomic mass is 16.5. The Bertz CT molecular complexity index is 876. The van der Waals surface area contributed by atoms with Crippen molar-refractivity contribution in [2.75, 3.05) is 6.61 Å². The van der Waals surface area contributed by atoms with Crippen LogP contribution in [0.3, 0.4) is 0 Å². The summed E-state index contributed by atoms with van der Waals surface area (Å²) in [5, 5.41) is 2.36. The summed E-state index contributed by atoms with van der Waals surface area (Å²) >= 11 is 0. The predicted molar refractivity (Wildman–Crippen MR) is 97.2 cm³/mol. The van der Waals surface area contributed by atoms with Crippen LogP contribution >= 0.6 is 0 Å². The van der Waals surface area contributed by atoms with Crippen LogP contribution < -0.4 is 25.6 Å². The molecule has 0 bridgehead atoms. The molecule has 0 radical (unpaired) electrons. The number of rotatable bonds is 5. The van der Waals surface area contributed by atoms with Crippen LogP contribution in [0.25, 0.3) is 0 Å². The summed E-state index contributed by atoms with van der Waals surface area (Å²) < 4.78 is 16.4. The Labute approximate surface area is 161 Å². The Hall–Kier alpha value is -3.49. The van der Waals surface area contributed by atoms with Gasteiger partial charge in [-0.2, -0.15) is 0 Å². The van der Waals surface area contributed by atoms with Gasteiger partial charge < -0.3 is 19.2 Å². The highest BCUT2D eigenvalue weighted by Gasteiger charge is 2.32. The van der Waals surface area contributed by atoms with Gasteiger partial charge in [-0.25, -0.2) is 0 Å². The van der Waals surface area contributed by atoms with Crippen molar-refractivity contribution < 1.29 is 28.3 Å². The second-order valence-electron chi connectivity index (χ2n) is 6.84. The van der Waals surface area contributed by atoms with E-state index in [-0.39, 0.29) is 18.8 Å². The van der Waals surface area contributed by atoms with Gasteiger partial charge in [0.05, 0.1) is 12.8 Å². The van der Waals surface area contributed by atoms with Crippen LogP contribution in [0.2, 0.25) is 0 Å². The topological polar surface area (TPSA) is 119 Å². The molecule has 3 rings (SSSR count). The molecule has 2 aromatic rings. The van der Waals surface area contributed by atoms with Gasteiger partial charge in [-0.3, -0.25) is 25.2 Å². The first-order valence-electron chi connectivity index (χ1n) is 8.67. The molecule has 0 atom stereocenters. The van der Waals surface area contributed by atoms with Crippen molar-refractivity contribution >= 4 is 17.7 Å². The minimum atomic E-state index is -1.01. The molecule has 148 valence electrons. The first-order chi connectivity index (χ1) is 13.3. The zero-order valence-electron chi connectivity index (χ0n) is 15.5. The van der Waals surface area contributed by atoms with Gasteiger partial charge in [-0.1, -0.05) is 12.1 Å². The van der Waals surface area contributed by atoms with Crippen LogP contribution in [-0.2, 0) is 27.3 Å². The van der Waals surface area contributed by atoms with Crippen LogP contribution in [0.4, 0.5) is 0 Å². The van der Waals surface area contributed by atoms with Gasteiger partial charge in [0.1, 0.15) is 11.4 Å². The summed E-state index contributed by atoms with van der Waals surface area (Å²) in [6, 6.07) is 8.78. The minimum absolute atomic E-state index is 0.0613. The molecule has 3 amide bonds. The van der Waals surface area contributed by atoms with E-state index in [0.717, 1.165) is 12.0 Å². The lowest BCUT2D eigenvalue weighted by Gasteiger charge is -2.18. The van der Waals surface area contributed by atoms with Crippen molar-refractivity contribution in [2.45, 2.75) is 32.4 Å².